The van der Waals surface area contributed by atoms with E-state index >= 15 is 0 Å². The zero-order valence-corrected chi connectivity index (χ0v) is 22.4. The molecule has 0 aromatic rings. The molecule has 168 valence electrons. The summed E-state index contributed by atoms with van der Waals surface area (Å²) in [6, 6.07) is 0. The summed E-state index contributed by atoms with van der Waals surface area (Å²) in [5, 5.41) is 22.7. The number of hydrogen-bond acceptors (Lipinski definition) is 7. The average Bonchev–Trinajstić information content (AvgIpc) is 2.56. The van der Waals surface area contributed by atoms with E-state index in [1.54, 1.807) is 20.8 Å². The zero-order chi connectivity index (χ0) is 21.6. The van der Waals surface area contributed by atoms with E-state index in [-0.39, 0.29) is 64.3 Å². The Morgan fingerprint density at radius 2 is 0.741 bits per heavy atom. The molecule has 4 N–H and O–H groups in total. The van der Waals surface area contributed by atoms with E-state index in [9.17, 15) is 4.80 Å². The molecule has 27 heavy (non-hydrogen) atoms. The molecule has 0 aliphatic rings. The van der Waals surface area contributed by atoms with E-state index in [2.05, 4.69) is 0 Å². The normalized spacial score (nSPS) is 15.0. The number of rotatable bonds is 9. The van der Waals surface area contributed by atoms with Gasteiger partial charge in [-0.15, -0.1) is 0 Å². The van der Waals surface area contributed by atoms with Gasteiger partial charge in [0.1, 0.15) is 0 Å². The van der Waals surface area contributed by atoms with Gasteiger partial charge in [0.15, 0.2) is 0 Å². The first kappa shape index (κ1) is 38.4. The summed E-state index contributed by atoms with van der Waals surface area (Å²) in [5.41, 5.74) is 0. The van der Waals surface area contributed by atoms with Crippen LogP contribution in [0.5, 0.6) is 0 Å². The van der Waals surface area contributed by atoms with Crippen LogP contribution in [-0.4, -0.2) is 67.3 Å². The maximum Gasteiger partial charge on any atom is 0.677 e. The predicted octanol–water partition coefficient (Wildman–Crippen LogP) is 2.85. The van der Waals surface area contributed by atoms with Crippen LogP contribution >= 0.6 is 0 Å². The molecule has 0 amide bonds. The molecule has 0 aliphatic carbocycles. The molecule has 0 aromatic heterocycles. The molecule has 3 unspecified atom stereocenters. The van der Waals surface area contributed by atoms with Gasteiger partial charge in [-0.1, -0.05) is 20.8 Å². The van der Waals surface area contributed by atoms with Crippen LogP contribution in [0.4, 0.5) is 0 Å². The Hall–Kier alpha value is 0.820. The summed E-state index contributed by atoms with van der Waals surface area (Å²) in [6.07, 6.45) is 2.30. The van der Waals surface area contributed by atoms with Crippen molar-refractivity contribution in [3.05, 3.63) is 0 Å². The topological polar surface area (TPSA) is 109 Å². The molecule has 0 aromatic carbocycles. The minimum Gasteiger partial charge on any atom is -0.397 e. The zero-order valence-electron chi connectivity index (χ0n) is 19.0. The summed E-state index contributed by atoms with van der Waals surface area (Å²) >= 11 is 0. The predicted molar refractivity (Wildman–Crippen MR) is 109 cm³/mol. The first-order valence-corrected chi connectivity index (χ1v) is 11.4. The molecule has 0 radical (unpaired) electrons. The van der Waals surface area contributed by atoms with Crippen LogP contribution in [0.1, 0.15) is 81.6 Å². The van der Waals surface area contributed by atoms with E-state index in [0.717, 1.165) is 19.3 Å². The van der Waals surface area contributed by atoms with Gasteiger partial charge in [-0.25, -0.2) is 0 Å². The molecule has 0 fully saturated rings. The van der Waals surface area contributed by atoms with Gasteiger partial charge < -0.3 is 33.4 Å². The molecular formula is C18H46O7SiZr. The van der Waals surface area contributed by atoms with Crippen LogP contribution in [0.3, 0.4) is 0 Å². The van der Waals surface area contributed by atoms with Crippen LogP contribution < -0.4 is 0 Å². The molecule has 0 spiro atoms. The fraction of sp³-hybridized carbons (Fsp3) is 1.00. The fourth-order valence-corrected chi connectivity index (χ4v) is 3.29. The third kappa shape index (κ3) is 34.7. The van der Waals surface area contributed by atoms with Gasteiger partial charge in [-0.05, 0) is 60.8 Å². The van der Waals surface area contributed by atoms with Crippen molar-refractivity contribution < 1.29 is 59.6 Å². The Kier molecular flexibility index (Phi) is 41.3. The largest absolute Gasteiger partial charge is 0.677 e. The summed E-state index contributed by atoms with van der Waals surface area (Å²) in [7, 11) is -3.50. The summed E-state index contributed by atoms with van der Waals surface area (Å²) in [4.78, 5) is 10.4. The third-order valence-electron chi connectivity index (χ3n) is 2.78. The maximum absolute atomic E-state index is 10.4. The SMILES string of the molecule is CCC(C)O[Si](O)(OC(C)CC)OC(C)CC.CCO.CCO.CCO.[Zr]. The van der Waals surface area contributed by atoms with Crippen LogP contribution in [0.15, 0.2) is 0 Å². The quantitative estimate of drug-likeness (QED) is 0.366. The van der Waals surface area contributed by atoms with E-state index in [0.29, 0.717) is 0 Å². The van der Waals surface area contributed by atoms with Crippen molar-refractivity contribution >= 4 is 9.05 Å². The number of aliphatic hydroxyl groups excluding tert-OH is 3. The van der Waals surface area contributed by atoms with E-state index in [1.165, 1.54) is 0 Å². The maximum atomic E-state index is 10.4. The second-order valence-electron chi connectivity index (χ2n) is 5.48. The van der Waals surface area contributed by atoms with Gasteiger partial charge in [0.2, 0.25) is 0 Å². The van der Waals surface area contributed by atoms with Gasteiger partial charge in [0.05, 0.1) is 0 Å². The summed E-state index contributed by atoms with van der Waals surface area (Å²) < 4.78 is 16.7. The van der Waals surface area contributed by atoms with Gasteiger partial charge in [-0.3, -0.25) is 0 Å². The Labute approximate surface area is 188 Å². The Morgan fingerprint density at radius 1 is 0.593 bits per heavy atom. The standard InChI is InChI=1S/C12H28O4Si.3C2H6O.Zr/c1-7-10(4)14-17(13,15-11(5)8-2)16-12(6)9-3;3*1-2-3;/h10-13H,7-9H2,1-6H3;3*3H,2H2,1H3;. The Balaban J connectivity index is -0.000000136. The average molecular weight is 494 g/mol. The Morgan fingerprint density at radius 3 is 0.852 bits per heavy atom. The molecule has 9 heteroatoms. The van der Waals surface area contributed by atoms with Crippen molar-refractivity contribution in [2.45, 2.75) is 99.9 Å². The second kappa shape index (κ2) is 29.0. The molecule has 0 heterocycles. The second-order valence-corrected chi connectivity index (χ2v) is 7.24. The van der Waals surface area contributed by atoms with Gasteiger partial charge in [0.25, 0.3) is 0 Å². The van der Waals surface area contributed by atoms with Crippen LogP contribution in [0.25, 0.3) is 0 Å². The first-order valence-electron chi connectivity index (χ1n) is 9.69. The van der Waals surface area contributed by atoms with Crippen LogP contribution in [-0.2, 0) is 39.5 Å². The smallest absolute Gasteiger partial charge is 0.397 e. The summed E-state index contributed by atoms with van der Waals surface area (Å²) in [6.45, 7) is 17.6. The molecule has 3 atom stereocenters. The minimum atomic E-state index is -3.50. The molecule has 0 saturated heterocycles. The van der Waals surface area contributed by atoms with Crippen molar-refractivity contribution in [3.63, 3.8) is 0 Å². The Bertz CT molecular complexity index is 216. The molecule has 0 saturated carbocycles. The number of hydrogen-bond donors (Lipinski definition) is 4. The third-order valence-corrected chi connectivity index (χ3v) is 4.88. The molecule has 0 aliphatic heterocycles. The fourth-order valence-electron chi connectivity index (χ4n) is 1.10. The molecule has 0 rings (SSSR count). The van der Waals surface area contributed by atoms with E-state index in [1.807, 2.05) is 41.5 Å². The number of aliphatic hydroxyl groups is 3. The molecular weight excluding hydrogens is 448 g/mol. The van der Waals surface area contributed by atoms with Crippen molar-refractivity contribution in [1.82, 2.24) is 0 Å². The first-order chi connectivity index (χ1) is 12.1. The van der Waals surface area contributed by atoms with Crippen molar-refractivity contribution in [2.75, 3.05) is 19.8 Å². The molecule has 7 nitrogen and oxygen atoms in total. The monoisotopic (exact) mass is 492 g/mol. The van der Waals surface area contributed by atoms with Crippen LogP contribution in [0, 0.1) is 0 Å². The van der Waals surface area contributed by atoms with E-state index in [4.69, 9.17) is 28.6 Å². The van der Waals surface area contributed by atoms with Gasteiger partial charge >= 0.3 is 9.05 Å². The summed E-state index contributed by atoms with van der Waals surface area (Å²) in [5.74, 6) is 0. The molecule has 0 bridgehead atoms. The van der Waals surface area contributed by atoms with Gasteiger partial charge in [-0.2, -0.15) is 0 Å². The minimum absolute atomic E-state index is 0. The van der Waals surface area contributed by atoms with Gasteiger partial charge in [0, 0.05) is 64.3 Å². The van der Waals surface area contributed by atoms with Crippen molar-refractivity contribution in [1.29, 1.82) is 0 Å². The van der Waals surface area contributed by atoms with Crippen molar-refractivity contribution in [2.24, 2.45) is 0 Å². The van der Waals surface area contributed by atoms with Crippen LogP contribution in [0.2, 0.25) is 0 Å². The van der Waals surface area contributed by atoms with E-state index < -0.39 is 9.05 Å². The van der Waals surface area contributed by atoms with Crippen molar-refractivity contribution in [3.8, 4) is 0 Å².